The van der Waals surface area contributed by atoms with Crippen LogP contribution in [-0.4, -0.2) is 17.0 Å². The fourth-order valence-corrected chi connectivity index (χ4v) is 3.00. The van der Waals surface area contributed by atoms with Crippen LogP contribution in [0, 0.1) is 0 Å². The molecule has 0 saturated carbocycles. The summed E-state index contributed by atoms with van der Waals surface area (Å²) < 4.78 is 0. The number of para-hydroxylation sites is 1. The van der Waals surface area contributed by atoms with Crippen LogP contribution in [0.3, 0.4) is 0 Å². The van der Waals surface area contributed by atoms with E-state index in [2.05, 4.69) is 23.5 Å². The average molecular weight is 250 g/mol. The molecule has 3 nitrogen and oxygen atoms in total. The van der Waals surface area contributed by atoms with Gasteiger partial charge in [0.25, 0.3) is 5.91 Å². The van der Waals surface area contributed by atoms with E-state index in [9.17, 15) is 4.79 Å². The smallest absolute Gasteiger partial charge is 0.257 e. The van der Waals surface area contributed by atoms with Gasteiger partial charge in [-0.05, 0) is 23.3 Å². The summed E-state index contributed by atoms with van der Waals surface area (Å²) in [6.07, 6.45) is 0.952. The van der Waals surface area contributed by atoms with E-state index in [4.69, 9.17) is 0 Å². The first-order valence-electron chi connectivity index (χ1n) is 6.56. The van der Waals surface area contributed by atoms with Crippen LogP contribution in [0.15, 0.2) is 48.5 Å². The normalized spacial score (nSPS) is 20.1. The number of benzene rings is 2. The second-order valence-corrected chi connectivity index (χ2v) is 5.11. The molecule has 3 heteroatoms. The van der Waals surface area contributed by atoms with Gasteiger partial charge >= 0.3 is 0 Å². The zero-order valence-corrected chi connectivity index (χ0v) is 10.5. The first-order chi connectivity index (χ1) is 9.33. The van der Waals surface area contributed by atoms with Crippen molar-refractivity contribution in [1.82, 2.24) is 4.90 Å². The number of nitrogens with one attached hydrogen (secondary N) is 1. The Bertz CT molecular complexity index is 665. The van der Waals surface area contributed by atoms with Crippen LogP contribution < -0.4 is 5.32 Å². The summed E-state index contributed by atoms with van der Waals surface area (Å²) in [4.78, 5) is 14.5. The molecule has 0 unspecified atom stereocenters. The molecule has 2 heterocycles. The summed E-state index contributed by atoms with van der Waals surface area (Å²) in [6.45, 7) is 0.695. The Hall–Kier alpha value is -2.29. The molecule has 1 atom stereocenters. The predicted molar refractivity (Wildman–Crippen MR) is 73.9 cm³/mol. The minimum Gasteiger partial charge on any atom is -0.364 e. The Morgan fingerprint density at radius 2 is 1.74 bits per heavy atom. The van der Waals surface area contributed by atoms with Gasteiger partial charge in [-0.15, -0.1) is 0 Å². The minimum absolute atomic E-state index is 0.0808. The van der Waals surface area contributed by atoms with E-state index in [0.29, 0.717) is 6.54 Å². The second-order valence-electron chi connectivity index (χ2n) is 5.11. The number of fused-ring (bicyclic) bond motifs is 3. The molecule has 2 aromatic carbocycles. The maximum absolute atomic E-state index is 12.5. The van der Waals surface area contributed by atoms with Crippen LogP contribution in [0.5, 0.6) is 0 Å². The quantitative estimate of drug-likeness (QED) is 0.779. The van der Waals surface area contributed by atoms with E-state index in [1.807, 2.05) is 35.2 Å². The van der Waals surface area contributed by atoms with Gasteiger partial charge in [-0.2, -0.15) is 0 Å². The molecule has 0 bridgehead atoms. The van der Waals surface area contributed by atoms with Gasteiger partial charge in [0.2, 0.25) is 0 Å². The summed E-state index contributed by atoms with van der Waals surface area (Å²) in [5, 5.41) is 3.48. The van der Waals surface area contributed by atoms with E-state index in [1.54, 1.807) is 0 Å². The van der Waals surface area contributed by atoms with Crippen LogP contribution in [0.25, 0.3) is 0 Å². The van der Waals surface area contributed by atoms with Crippen molar-refractivity contribution < 1.29 is 4.79 Å². The number of hydrogen-bond acceptors (Lipinski definition) is 2. The van der Waals surface area contributed by atoms with Gasteiger partial charge in [0, 0.05) is 18.7 Å². The van der Waals surface area contributed by atoms with Crippen LogP contribution in [-0.2, 0) is 13.0 Å². The summed E-state index contributed by atoms with van der Waals surface area (Å²) in [6, 6.07) is 16.1. The highest BCUT2D eigenvalue weighted by molar-refractivity contribution is 6.01. The largest absolute Gasteiger partial charge is 0.364 e. The predicted octanol–water partition coefficient (Wildman–Crippen LogP) is 2.64. The Balaban J connectivity index is 1.77. The van der Waals surface area contributed by atoms with Crippen molar-refractivity contribution in [3.8, 4) is 0 Å². The van der Waals surface area contributed by atoms with Crippen molar-refractivity contribution in [2.24, 2.45) is 0 Å². The molecule has 2 aromatic rings. The van der Waals surface area contributed by atoms with Crippen molar-refractivity contribution in [1.29, 1.82) is 0 Å². The number of carbonyl (C=O) groups is 1. The topological polar surface area (TPSA) is 32.3 Å². The maximum atomic E-state index is 12.5. The zero-order valence-electron chi connectivity index (χ0n) is 10.5. The van der Waals surface area contributed by atoms with Gasteiger partial charge in [-0.25, -0.2) is 0 Å². The van der Waals surface area contributed by atoms with Gasteiger partial charge < -0.3 is 10.2 Å². The number of hydrogen-bond donors (Lipinski definition) is 1. The van der Waals surface area contributed by atoms with Crippen molar-refractivity contribution in [2.45, 2.75) is 19.1 Å². The Labute approximate surface area is 111 Å². The highest BCUT2D eigenvalue weighted by Crippen LogP contribution is 2.31. The molecular formula is C16H14N2O. The van der Waals surface area contributed by atoms with Gasteiger partial charge in [0.15, 0.2) is 0 Å². The van der Waals surface area contributed by atoms with Crippen LogP contribution >= 0.6 is 0 Å². The van der Waals surface area contributed by atoms with E-state index < -0.39 is 0 Å². The molecule has 94 valence electrons. The fraction of sp³-hybridized carbons (Fsp3) is 0.188. The SMILES string of the molecule is O=C1c2ccccc2N[C@H]2Cc3ccccc3CN12. The Morgan fingerprint density at radius 3 is 2.63 bits per heavy atom. The van der Waals surface area contributed by atoms with E-state index in [1.165, 1.54) is 11.1 Å². The first kappa shape index (κ1) is 10.6. The average Bonchev–Trinajstić information content (AvgIpc) is 2.46. The standard InChI is InChI=1S/C16H14N2O/c19-16-13-7-3-4-8-14(13)17-15-9-11-5-1-2-6-12(11)10-18(15)16/h1-8,15,17H,9-10H2/t15-/m1/s1. The number of carbonyl (C=O) groups excluding carboxylic acids is 1. The van der Waals surface area contributed by atoms with Crippen molar-refractivity contribution in [3.05, 3.63) is 65.2 Å². The summed E-state index contributed by atoms with van der Waals surface area (Å²) in [7, 11) is 0. The Morgan fingerprint density at radius 1 is 1.00 bits per heavy atom. The molecule has 0 radical (unpaired) electrons. The van der Waals surface area contributed by atoms with Crippen molar-refractivity contribution in [3.63, 3.8) is 0 Å². The second kappa shape index (κ2) is 3.85. The molecule has 0 saturated heterocycles. The van der Waals surface area contributed by atoms with Gasteiger partial charge in [0.05, 0.1) is 5.56 Å². The van der Waals surface area contributed by atoms with Crippen LogP contribution in [0.2, 0.25) is 0 Å². The Kier molecular flexibility index (Phi) is 2.15. The highest BCUT2D eigenvalue weighted by Gasteiger charge is 2.34. The van der Waals surface area contributed by atoms with Gasteiger partial charge in [0.1, 0.15) is 6.17 Å². The molecule has 0 aliphatic carbocycles. The molecule has 4 rings (SSSR count). The molecule has 1 N–H and O–H groups in total. The van der Waals surface area contributed by atoms with E-state index in [-0.39, 0.29) is 12.1 Å². The molecule has 0 fully saturated rings. The van der Waals surface area contributed by atoms with Gasteiger partial charge in [-0.3, -0.25) is 4.79 Å². The number of nitrogens with zero attached hydrogens (tertiary/aromatic N) is 1. The summed E-state index contributed by atoms with van der Waals surface area (Å²) in [5.74, 6) is 0.133. The first-order valence-corrected chi connectivity index (χ1v) is 6.56. The molecule has 0 aromatic heterocycles. The van der Waals surface area contributed by atoms with E-state index >= 15 is 0 Å². The third-order valence-electron chi connectivity index (χ3n) is 3.99. The molecule has 1 amide bonds. The third kappa shape index (κ3) is 1.55. The lowest BCUT2D eigenvalue weighted by atomic mass is 9.94. The monoisotopic (exact) mass is 250 g/mol. The summed E-state index contributed by atoms with van der Waals surface area (Å²) in [5.41, 5.74) is 4.32. The highest BCUT2D eigenvalue weighted by atomic mass is 16.2. The number of anilines is 1. The molecule has 0 spiro atoms. The number of amides is 1. The lowest BCUT2D eigenvalue weighted by Crippen LogP contribution is -2.51. The zero-order chi connectivity index (χ0) is 12.8. The van der Waals surface area contributed by atoms with Crippen LogP contribution in [0.1, 0.15) is 21.5 Å². The van der Waals surface area contributed by atoms with Gasteiger partial charge in [-0.1, -0.05) is 36.4 Å². The minimum atomic E-state index is 0.0808. The summed E-state index contributed by atoms with van der Waals surface area (Å²) >= 11 is 0. The number of rotatable bonds is 0. The molecule has 2 aliphatic heterocycles. The maximum Gasteiger partial charge on any atom is 0.257 e. The van der Waals surface area contributed by atoms with Crippen molar-refractivity contribution in [2.75, 3.05) is 5.32 Å². The third-order valence-corrected chi connectivity index (χ3v) is 3.99. The lowest BCUT2D eigenvalue weighted by molar-refractivity contribution is 0.0651. The fourth-order valence-electron chi connectivity index (χ4n) is 3.00. The van der Waals surface area contributed by atoms with Crippen LogP contribution in [0.4, 0.5) is 5.69 Å². The lowest BCUT2D eigenvalue weighted by Gasteiger charge is -2.41. The van der Waals surface area contributed by atoms with E-state index in [0.717, 1.165) is 17.7 Å². The molecule has 2 aliphatic rings. The van der Waals surface area contributed by atoms with Crippen molar-refractivity contribution >= 4 is 11.6 Å². The molecular weight excluding hydrogens is 236 g/mol. The molecule has 19 heavy (non-hydrogen) atoms.